The number of hydrogen-bond donors (Lipinski definition) is 0. The fraction of sp³-hybridized carbons (Fsp3) is 0.111. The molecule has 0 atom stereocenters. The van der Waals surface area contributed by atoms with Crippen LogP contribution in [0.1, 0.15) is 16.1 Å². The zero-order valence-electron chi connectivity index (χ0n) is 13.7. The van der Waals surface area contributed by atoms with Gasteiger partial charge in [-0.15, -0.1) is 0 Å². The number of carbonyl (C=O) groups excluding carboxylic acids is 1. The molecule has 1 aromatic heterocycles. The van der Waals surface area contributed by atoms with Gasteiger partial charge >= 0.3 is 11.7 Å². The summed E-state index contributed by atoms with van der Waals surface area (Å²) in [5.74, 6) is -4.24. The van der Waals surface area contributed by atoms with Crippen LogP contribution >= 0.6 is 0 Å². The number of esters is 1. The van der Waals surface area contributed by atoms with Gasteiger partial charge in [-0.1, -0.05) is 47.6 Å². The smallest absolute Gasteiger partial charge is 0.341 e. The molecule has 0 fully saturated rings. The van der Waals surface area contributed by atoms with Gasteiger partial charge in [0, 0.05) is 11.6 Å². The van der Waals surface area contributed by atoms with E-state index in [1.54, 1.807) is 6.07 Å². The highest BCUT2D eigenvalue weighted by molar-refractivity contribution is 7.91. The van der Waals surface area contributed by atoms with Gasteiger partial charge in [-0.3, -0.25) is 0 Å². The molecule has 0 unspecified atom stereocenters. The molecule has 0 saturated carbocycles. The maximum atomic E-state index is 12.8. The van der Waals surface area contributed by atoms with Gasteiger partial charge in [-0.25, -0.2) is 13.2 Å². The second-order valence-electron chi connectivity index (χ2n) is 5.43. The summed E-state index contributed by atoms with van der Waals surface area (Å²) in [6.45, 7) is -0.307. The quantitative estimate of drug-likeness (QED) is 0.594. The maximum Gasteiger partial charge on any atom is 0.341 e. The van der Waals surface area contributed by atoms with Crippen molar-refractivity contribution >= 4 is 15.8 Å². The average Bonchev–Trinajstić information content (AvgIpc) is 3.16. The Labute approximate surface area is 153 Å². The van der Waals surface area contributed by atoms with Crippen LogP contribution in [0.3, 0.4) is 0 Å². The van der Waals surface area contributed by atoms with Gasteiger partial charge in [0.2, 0.25) is 9.84 Å². The second kappa shape index (κ2) is 7.67. The number of carbonyl (C=O) groups is 1. The summed E-state index contributed by atoms with van der Waals surface area (Å²) in [5.41, 5.74) is 0.594. The van der Waals surface area contributed by atoms with E-state index < -0.39 is 32.0 Å². The number of alkyl halides is 2. The molecule has 0 aliphatic heterocycles. The van der Waals surface area contributed by atoms with Crippen LogP contribution in [0.15, 0.2) is 70.1 Å². The lowest BCUT2D eigenvalue weighted by molar-refractivity contribution is 0.0459. The molecule has 0 N–H and O–H groups in total. The van der Waals surface area contributed by atoms with Crippen LogP contribution in [0, 0.1) is 0 Å². The summed E-state index contributed by atoms with van der Waals surface area (Å²) in [4.78, 5) is 11.4. The van der Waals surface area contributed by atoms with E-state index in [2.05, 4.69) is 5.16 Å². The zero-order valence-corrected chi connectivity index (χ0v) is 14.5. The normalized spacial score (nSPS) is 11.5. The molecule has 3 rings (SSSR count). The van der Waals surface area contributed by atoms with Crippen molar-refractivity contribution < 1.29 is 31.3 Å². The third kappa shape index (κ3) is 4.03. The van der Waals surface area contributed by atoms with E-state index in [-0.39, 0.29) is 12.3 Å². The summed E-state index contributed by atoms with van der Waals surface area (Å²) in [7, 11) is -4.94. The Kier molecular flexibility index (Phi) is 5.31. The molecule has 0 aliphatic carbocycles. The standard InChI is InChI=1S/C18H13F2NO5S/c19-18(20)27(23,24)16-9-5-4-8-14(16)17(22)25-11-13-10-15(26-21-13)12-6-2-1-3-7-12/h1-10,18H,11H2. The van der Waals surface area contributed by atoms with Crippen molar-refractivity contribution in [1.82, 2.24) is 5.16 Å². The lowest BCUT2D eigenvalue weighted by Gasteiger charge is -2.09. The Balaban J connectivity index is 1.75. The van der Waals surface area contributed by atoms with Gasteiger partial charge in [0.15, 0.2) is 5.76 Å². The Morgan fingerprint density at radius 3 is 2.44 bits per heavy atom. The van der Waals surface area contributed by atoms with E-state index in [1.165, 1.54) is 12.1 Å². The molecule has 140 valence electrons. The van der Waals surface area contributed by atoms with Crippen LogP contribution in [0.25, 0.3) is 11.3 Å². The average molecular weight is 393 g/mol. The minimum Gasteiger partial charge on any atom is -0.455 e. The Bertz CT molecular complexity index is 1050. The first-order valence-corrected chi connectivity index (χ1v) is 9.23. The third-order valence-electron chi connectivity index (χ3n) is 3.62. The van der Waals surface area contributed by atoms with E-state index in [0.717, 1.165) is 17.7 Å². The highest BCUT2D eigenvalue weighted by Crippen LogP contribution is 2.24. The predicted molar refractivity (Wildman–Crippen MR) is 90.7 cm³/mol. The van der Waals surface area contributed by atoms with E-state index in [1.807, 2.05) is 30.3 Å². The van der Waals surface area contributed by atoms with Gasteiger partial charge in [-0.05, 0) is 12.1 Å². The molecule has 27 heavy (non-hydrogen) atoms. The zero-order chi connectivity index (χ0) is 19.4. The van der Waals surface area contributed by atoms with Gasteiger partial charge in [0.25, 0.3) is 0 Å². The van der Waals surface area contributed by atoms with E-state index in [4.69, 9.17) is 9.26 Å². The minimum absolute atomic E-state index is 0.288. The number of halogens is 2. The molecule has 0 bridgehead atoms. The fourth-order valence-corrected chi connectivity index (χ4v) is 3.23. The molecule has 0 amide bonds. The summed E-state index contributed by atoms with van der Waals surface area (Å²) in [6.07, 6.45) is 0. The highest BCUT2D eigenvalue weighted by Gasteiger charge is 2.31. The first-order valence-electron chi connectivity index (χ1n) is 7.69. The molecule has 9 heteroatoms. The topological polar surface area (TPSA) is 86.5 Å². The van der Waals surface area contributed by atoms with Crippen LogP contribution < -0.4 is 0 Å². The Hall–Kier alpha value is -3.07. The van der Waals surface area contributed by atoms with Crippen molar-refractivity contribution in [3.63, 3.8) is 0 Å². The molecular weight excluding hydrogens is 380 g/mol. The van der Waals surface area contributed by atoms with Crippen LogP contribution in [-0.4, -0.2) is 25.3 Å². The SMILES string of the molecule is O=C(OCc1cc(-c2ccccc2)on1)c1ccccc1S(=O)(=O)C(F)F. The number of hydrogen-bond acceptors (Lipinski definition) is 6. The van der Waals surface area contributed by atoms with Crippen molar-refractivity contribution in [3.05, 3.63) is 71.9 Å². The van der Waals surface area contributed by atoms with Crippen LogP contribution in [-0.2, 0) is 21.2 Å². The number of sulfone groups is 1. The lowest BCUT2D eigenvalue weighted by atomic mass is 10.2. The summed E-state index contributed by atoms with van der Waals surface area (Å²) < 4.78 is 59.2. The number of benzene rings is 2. The predicted octanol–water partition coefficient (Wildman–Crippen LogP) is 3.69. The number of aromatic nitrogens is 1. The third-order valence-corrected chi connectivity index (χ3v) is 5.05. The lowest BCUT2D eigenvalue weighted by Crippen LogP contribution is -2.17. The number of ether oxygens (including phenoxy) is 1. The van der Waals surface area contributed by atoms with E-state index >= 15 is 0 Å². The Morgan fingerprint density at radius 1 is 1.07 bits per heavy atom. The fourth-order valence-electron chi connectivity index (χ4n) is 2.31. The maximum absolute atomic E-state index is 12.8. The minimum atomic E-state index is -4.94. The van der Waals surface area contributed by atoms with Gasteiger partial charge in [0.05, 0.1) is 10.5 Å². The van der Waals surface area contributed by atoms with Gasteiger partial charge < -0.3 is 9.26 Å². The van der Waals surface area contributed by atoms with Crippen molar-refractivity contribution in [2.75, 3.05) is 0 Å². The van der Waals surface area contributed by atoms with Crippen LogP contribution in [0.4, 0.5) is 8.78 Å². The van der Waals surface area contributed by atoms with Crippen molar-refractivity contribution in [1.29, 1.82) is 0 Å². The number of rotatable bonds is 6. The molecule has 0 saturated heterocycles. The van der Waals surface area contributed by atoms with Crippen molar-refractivity contribution in [2.24, 2.45) is 0 Å². The van der Waals surface area contributed by atoms with E-state index in [9.17, 15) is 22.0 Å². The molecule has 0 aliphatic rings. The first-order chi connectivity index (χ1) is 12.9. The highest BCUT2D eigenvalue weighted by atomic mass is 32.2. The van der Waals surface area contributed by atoms with E-state index in [0.29, 0.717) is 5.76 Å². The first kappa shape index (κ1) is 18.7. The molecule has 2 aromatic carbocycles. The van der Waals surface area contributed by atoms with Crippen molar-refractivity contribution in [2.45, 2.75) is 17.3 Å². The molecular formula is C18H13F2NO5S. The van der Waals surface area contributed by atoms with Gasteiger partial charge in [0.1, 0.15) is 12.3 Å². The van der Waals surface area contributed by atoms with Crippen LogP contribution in [0.5, 0.6) is 0 Å². The molecule has 1 heterocycles. The van der Waals surface area contributed by atoms with Crippen molar-refractivity contribution in [3.8, 4) is 11.3 Å². The Morgan fingerprint density at radius 2 is 1.74 bits per heavy atom. The monoisotopic (exact) mass is 393 g/mol. The molecule has 0 radical (unpaired) electrons. The summed E-state index contributed by atoms with van der Waals surface area (Å²) in [5, 5.41) is 3.77. The number of nitrogens with zero attached hydrogens (tertiary/aromatic N) is 1. The molecule has 6 nitrogen and oxygen atoms in total. The van der Waals surface area contributed by atoms with Gasteiger partial charge in [-0.2, -0.15) is 8.78 Å². The van der Waals surface area contributed by atoms with Crippen LogP contribution in [0.2, 0.25) is 0 Å². The summed E-state index contributed by atoms with van der Waals surface area (Å²) in [6, 6.07) is 15.3. The largest absolute Gasteiger partial charge is 0.455 e. The molecule has 0 spiro atoms. The second-order valence-corrected chi connectivity index (χ2v) is 7.31. The summed E-state index contributed by atoms with van der Waals surface area (Å²) >= 11 is 0. The molecule has 3 aromatic rings.